The largest absolute Gasteiger partial charge is 0.467 e. The zero-order valence-corrected chi connectivity index (χ0v) is 14.3. The molecule has 4 aromatic rings. The van der Waals surface area contributed by atoms with Crippen molar-refractivity contribution in [3.63, 3.8) is 0 Å². The molecule has 8 nitrogen and oxygen atoms in total. The highest BCUT2D eigenvalue weighted by molar-refractivity contribution is 7.22. The van der Waals surface area contributed by atoms with Crippen LogP contribution < -0.4 is 4.90 Å². The second kappa shape index (κ2) is 6.65. The highest BCUT2D eigenvalue weighted by Crippen LogP contribution is 2.32. The molecule has 136 valence electrons. The lowest BCUT2D eigenvalue weighted by atomic mass is 10.3. The number of thiazole rings is 1. The molecule has 0 radical (unpaired) electrons. The topological polar surface area (TPSA) is 103 Å². The number of carbonyl (C=O) groups is 1. The fraction of sp³-hybridized carbons (Fsp3) is 0.0588. The third-order valence-corrected chi connectivity index (χ3v) is 4.75. The first kappa shape index (κ1) is 16.9. The lowest BCUT2D eigenvalue weighted by molar-refractivity contribution is -0.402. The molecule has 3 aromatic heterocycles. The standard InChI is InChI=1S/C17H10FN3O5S/c18-11-4-1-5-13-15(11)19-17(27-13)20(9-10-3-2-8-25-10)16(22)12-6-7-14(26-12)21(23)24/h1-8H,9H2. The fourth-order valence-corrected chi connectivity index (χ4v) is 3.45. The van der Waals surface area contributed by atoms with Crippen molar-refractivity contribution in [2.75, 3.05) is 4.90 Å². The molecule has 0 bridgehead atoms. The summed E-state index contributed by atoms with van der Waals surface area (Å²) >= 11 is 1.11. The van der Waals surface area contributed by atoms with Gasteiger partial charge in [-0.1, -0.05) is 17.4 Å². The molecule has 0 fully saturated rings. The summed E-state index contributed by atoms with van der Waals surface area (Å²) in [6.07, 6.45) is 1.45. The van der Waals surface area contributed by atoms with Crippen molar-refractivity contribution in [1.82, 2.24) is 4.98 Å². The van der Waals surface area contributed by atoms with E-state index in [-0.39, 0.29) is 23.0 Å². The highest BCUT2D eigenvalue weighted by atomic mass is 32.1. The fourth-order valence-electron chi connectivity index (χ4n) is 2.48. The van der Waals surface area contributed by atoms with Crippen molar-refractivity contribution in [1.29, 1.82) is 0 Å². The van der Waals surface area contributed by atoms with Crippen molar-refractivity contribution in [3.05, 3.63) is 76.2 Å². The van der Waals surface area contributed by atoms with Gasteiger partial charge in [-0.2, -0.15) is 0 Å². The zero-order chi connectivity index (χ0) is 19.0. The second-order valence-electron chi connectivity index (χ2n) is 5.45. The van der Waals surface area contributed by atoms with Crippen LogP contribution in [0.5, 0.6) is 0 Å². The number of nitro groups is 1. The summed E-state index contributed by atoms with van der Waals surface area (Å²) in [4.78, 5) is 28.4. The maximum absolute atomic E-state index is 14.0. The van der Waals surface area contributed by atoms with Crippen LogP contribution in [0.1, 0.15) is 16.3 Å². The molecule has 0 aliphatic rings. The van der Waals surface area contributed by atoms with Gasteiger partial charge in [-0.3, -0.25) is 19.8 Å². The maximum atomic E-state index is 14.0. The number of anilines is 1. The van der Waals surface area contributed by atoms with Gasteiger partial charge in [0.05, 0.1) is 23.6 Å². The monoisotopic (exact) mass is 387 g/mol. The van der Waals surface area contributed by atoms with Gasteiger partial charge in [-0.05, 0) is 30.3 Å². The van der Waals surface area contributed by atoms with E-state index in [4.69, 9.17) is 8.83 Å². The minimum absolute atomic E-state index is 0.00176. The number of amides is 1. The van der Waals surface area contributed by atoms with Gasteiger partial charge in [0.2, 0.25) is 0 Å². The van der Waals surface area contributed by atoms with Crippen LogP contribution in [0.15, 0.2) is 57.6 Å². The molecule has 0 saturated carbocycles. The van der Waals surface area contributed by atoms with Gasteiger partial charge < -0.3 is 8.83 Å². The molecule has 10 heteroatoms. The van der Waals surface area contributed by atoms with Crippen LogP contribution in [0.25, 0.3) is 10.2 Å². The number of halogens is 1. The Labute approximate surface area is 154 Å². The predicted octanol–water partition coefficient (Wildman–Crippen LogP) is 4.38. The normalized spacial score (nSPS) is 11.0. The van der Waals surface area contributed by atoms with Gasteiger partial charge in [0, 0.05) is 0 Å². The lowest BCUT2D eigenvalue weighted by Crippen LogP contribution is -2.29. The first-order valence-corrected chi connectivity index (χ1v) is 8.48. The molecule has 0 N–H and O–H groups in total. The Hall–Kier alpha value is -3.53. The van der Waals surface area contributed by atoms with E-state index in [2.05, 4.69) is 4.98 Å². The molecular weight excluding hydrogens is 377 g/mol. The van der Waals surface area contributed by atoms with Crippen molar-refractivity contribution in [3.8, 4) is 0 Å². The summed E-state index contributed by atoms with van der Waals surface area (Å²) in [6, 6.07) is 10.1. The van der Waals surface area contributed by atoms with Crippen LogP contribution >= 0.6 is 11.3 Å². The number of hydrogen-bond donors (Lipinski definition) is 0. The van der Waals surface area contributed by atoms with Crippen molar-refractivity contribution in [2.45, 2.75) is 6.54 Å². The van der Waals surface area contributed by atoms with E-state index in [1.165, 1.54) is 23.3 Å². The first-order chi connectivity index (χ1) is 13.0. The van der Waals surface area contributed by atoms with Crippen LogP contribution in [0, 0.1) is 15.9 Å². The summed E-state index contributed by atoms with van der Waals surface area (Å²) in [5, 5.41) is 11.0. The summed E-state index contributed by atoms with van der Waals surface area (Å²) in [7, 11) is 0. The summed E-state index contributed by atoms with van der Waals surface area (Å²) in [6.45, 7) is 0.00176. The van der Waals surface area contributed by atoms with Crippen molar-refractivity contribution >= 4 is 38.5 Å². The van der Waals surface area contributed by atoms with Crippen LogP contribution in [-0.2, 0) is 6.54 Å². The minimum atomic E-state index is -0.735. The minimum Gasteiger partial charge on any atom is -0.467 e. The van der Waals surface area contributed by atoms with Gasteiger partial charge in [0.15, 0.2) is 10.9 Å². The van der Waals surface area contributed by atoms with Crippen LogP contribution in [-0.4, -0.2) is 15.8 Å². The Morgan fingerprint density at radius 2 is 2.11 bits per heavy atom. The number of rotatable bonds is 5. The number of carbonyl (C=O) groups excluding carboxylic acids is 1. The average Bonchev–Trinajstić information content (AvgIpc) is 3.38. The maximum Gasteiger partial charge on any atom is 0.433 e. The Kier molecular flexibility index (Phi) is 4.16. The Balaban J connectivity index is 1.76. The van der Waals surface area contributed by atoms with Gasteiger partial charge in [-0.25, -0.2) is 9.37 Å². The van der Waals surface area contributed by atoms with Crippen molar-refractivity contribution < 1.29 is 22.9 Å². The van der Waals surface area contributed by atoms with E-state index in [0.717, 1.165) is 17.4 Å². The van der Waals surface area contributed by atoms with Crippen LogP contribution in [0.4, 0.5) is 15.4 Å². The number of hydrogen-bond acceptors (Lipinski definition) is 7. The lowest BCUT2D eigenvalue weighted by Gasteiger charge is -2.17. The number of furan rings is 2. The Bertz CT molecular complexity index is 1130. The Morgan fingerprint density at radius 3 is 2.78 bits per heavy atom. The van der Waals surface area contributed by atoms with E-state index in [0.29, 0.717) is 10.5 Å². The van der Waals surface area contributed by atoms with Crippen molar-refractivity contribution in [2.24, 2.45) is 0 Å². The quantitative estimate of drug-likeness (QED) is 0.372. The predicted molar refractivity (Wildman–Crippen MR) is 94.2 cm³/mol. The average molecular weight is 387 g/mol. The number of benzene rings is 1. The molecule has 0 atom stereocenters. The molecule has 0 spiro atoms. The molecular formula is C17H10FN3O5S. The molecule has 4 rings (SSSR count). The molecule has 1 aromatic carbocycles. The van der Waals surface area contributed by atoms with Gasteiger partial charge in [-0.15, -0.1) is 0 Å². The van der Waals surface area contributed by atoms with Gasteiger partial charge >= 0.3 is 5.88 Å². The summed E-state index contributed by atoms with van der Waals surface area (Å²) < 4.78 is 24.8. The third-order valence-electron chi connectivity index (χ3n) is 3.71. The first-order valence-electron chi connectivity index (χ1n) is 7.66. The van der Waals surface area contributed by atoms with Crippen LogP contribution in [0.2, 0.25) is 0 Å². The molecule has 3 heterocycles. The van der Waals surface area contributed by atoms with E-state index >= 15 is 0 Å². The smallest absolute Gasteiger partial charge is 0.433 e. The zero-order valence-electron chi connectivity index (χ0n) is 13.5. The summed E-state index contributed by atoms with van der Waals surface area (Å²) in [5.41, 5.74) is 0.139. The van der Waals surface area contributed by atoms with Crippen LogP contribution in [0.3, 0.4) is 0 Å². The van der Waals surface area contributed by atoms with E-state index < -0.39 is 22.5 Å². The number of para-hydroxylation sites is 1. The van der Waals surface area contributed by atoms with Gasteiger partial charge in [0.1, 0.15) is 22.0 Å². The molecule has 0 aliphatic heterocycles. The molecule has 1 amide bonds. The SMILES string of the molecule is O=C(c1ccc([N+](=O)[O-])o1)N(Cc1ccco1)c1nc2c(F)cccc2s1. The van der Waals surface area contributed by atoms with E-state index in [1.54, 1.807) is 24.3 Å². The Morgan fingerprint density at radius 1 is 1.26 bits per heavy atom. The molecule has 0 unspecified atom stereocenters. The van der Waals surface area contributed by atoms with E-state index in [1.807, 2.05) is 0 Å². The van der Waals surface area contributed by atoms with E-state index in [9.17, 15) is 19.3 Å². The molecule has 0 aliphatic carbocycles. The highest BCUT2D eigenvalue weighted by Gasteiger charge is 2.27. The van der Waals surface area contributed by atoms with Gasteiger partial charge in [0.25, 0.3) is 5.91 Å². The molecule has 0 saturated heterocycles. The third kappa shape index (κ3) is 3.17. The molecule has 27 heavy (non-hydrogen) atoms. The number of nitrogens with zero attached hydrogens (tertiary/aromatic N) is 3. The summed E-state index contributed by atoms with van der Waals surface area (Å²) in [5.74, 6) is -1.48. The number of fused-ring (bicyclic) bond motifs is 1. The second-order valence-corrected chi connectivity index (χ2v) is 6.46. The number of aromatic nitrogens is 1.